The molecule has 2 N–H and O–H groups in total. The van der Waals surface area contributed by atoms with Crippen LogP contribution in [0, 0.1) is 0 Å². The number of aromatic nitrogens is 1. The molecule has 0 saturated heterocycles. The summed E-state index contributed by atoms with van der Waals surface area (Å²) < 4.78 is 5.11. The average molecular weight is 312 g/mol. The van der Waals surface area contributed by atoms with Gasteiger partial charge in [0, 0.05) is 18.9 Å². The molecular formula is C18H20N2O3. The van der Waals surface area contributed by atoms with E-state index in [9.17, 15) is 4.79 Å². The van der Waals surface area contributed by atoms with Crippen molar-refractivity contribution in [3.63, 3.8) is 0 Å². The summed E-state index contributed by atoms with van der Waals surface area (Å²) in [6.07, 6.45) is 7.45. The lowest BCUT2D eigenvalue weighted by atomic mass is 10.2. The quantitative estimate of drug-likeness (QED) is 0.771. The summed E-state index contributed by atoms with van der Waals surface area (Å²) in [4.78, 5) is 15.6. The minimum absolute atomic E-state index is 0.0243. The van der Waals surface area contributed by atoms with Crippen LogP contribution in [0.5, 0.6) is 0 Å². The molecule has 0 spiro atoms. The number of carbonyl (C=O) groups is 1. The monoisotopic (exact) mass is 312 g/mol. The van der Waals surface area contributed by atoms with Crippen LogP contribution >= 0.6 is 0 Å². The van der Waals surface area contributed by atoms with Gasteiger partial charge in [-0.25, -0.2) is 4.79 Å². The van der Waals surface area contributed by atoms with Gasteiger partial charge in [-0.15, -0.1) is 0 Å². The number of nitrogens with one attached hydrogen (secondary N) is 1. The fraction of sp³-hybridized carbons (Fsp3) is 0.222. The maximum absolute atomic E-state index is 11.5. The van der Waals surface area contributed by atoms with Crippen LogP contribution in [-0.4, -0.2) is 22.7 Å². The largest absolute Gasteiger partial charge is 0.445 e. The third-order valence-electron chi connectivity index (χ3n) is 3.10. The van der Waals surface area contributed by atoms with E-state index in [2.05, 4.69) is 10.3 Å². The van der Waals surface area contributed by atoms with E-state index in [-0.39, 0.29) is 13.2 Å². The number of carbonyl (C=O) groups excluding carboxylic acids is 1. The van der Waals surface area contributed by atoms with Crippen molar-refractivity contribution in [2.45, 2.75) is 19.6 Å². The van der Waals surface area contributed by atoms with Crippen LogP contribution in [0.1, 0.15) is 23.1 Å². The molecule has 0 bridgehead atoms. The Morgan fingerprint density at radius 1 is 1.22 bits per heavy atom. The molecule has 0 fully saturated rings. The normalized spacial score (nSPS) is 10.7. The Kier molecular flexibility index (Phi) is 6.81. The van der Waals surface area contributed by atoms with Gasteiger partial charge in [-0.2, -0.15) is 0 Å². The lowest BCUT2D eigenvalue weighted by molar-refractivity contribution is 0.140. The standard InChI is InChI=1S/C18H20N2O3/c21-13-17-10-16(11-19-12-17)8-4-5-9-20-18(22)23-14-15-6-2-1-3-7-15/h1-4,6-8,10-12,21H,5,9,13-14H2,(H,20,22). The minimum Gasteiger partial charge on any atom is -0.445 e. The van der Waals surface area contributed by atoms with Crippen molar-refractivity contribution in [1.82, 2.24) is 10.3 Å². The topological polar surface area (TPSA) is 71.5 Å². The number of ether oxygens (including phenoxy) is 1. The van der Waals surface area contributed by atoms with E-state index in [1.807, 2.05) is 48.6 Å². The van der Waals surface area contributed by atoms with Crippen molar-refractivity contribution in [2.24, 2.45) is 0 Å². The second kappa shape index (κ2) is 9.38. The van der Waals surface area contributed by atoms with Crippen LogP contribution in [0.4, 0.5) is 4.79 Å². The average Bonchev–Trinajstić information content (AvgIpc) is 2.61. The summed E-state index contributed by atoms with van der Waals surface area (Å²) in [6.45, 7) is 0.739. The lowest BCUT2D eigenvalue weighted by Gasteiger charge is -2.05. The first-order valence-electron chi connectivity index (χ1n) is 7.44. The van der Waals surface area contributed by atoms with Crippen LogP contribution in [0.15, 0.2) is 54.9 Å². The first kappa shape index (κ1) is 16.7. The lowest BCUT2D eigenvalue weighted by Crippen LogP contribution is -2.24. The molecule has 5 nitrogen and oxygen atoms in total. The van der Waals surface area contributed by atoms with Crippen molar-refractivity contribution in [3.05, 3.63) is 71.6 Å². The molecule has 1 amide bonds. The summed E-state index contributed by atoms with van der Waals surface area (Å²) >= 11 is 0. The zero-order valence-electron chi connectivity index (χ0n) is 12.8. The van der Waals surface area contributed by atoms with Crippen LogP contribution in [0.2, 0.25) is 0 Å². The highest BCUT2D eigenvalue weighted by Crippen LogP contribution is 2.05. The molecule has 0 aliphatic heterocycles. The fourth-order valence-electron chi connectivity index (χ4n) is 1.94. The number of hydrogen-bond donors (Lipinski definition) is 2. The van der Waals surface area contributed by atoms with Gasteiger partial charge in [-0.1, -0.05) is 42.5 Å². The summed E-state index contributed by atoms with van der Waals surface area (Å²) in [5.74, 6) is 0. The van der Waals surface area contributed by atoms with E-state index in [0.717, 1.165) is 16.7 Å². The Bertz CT molecular complexity index is 642. The van der Waals surface area contributed by atoms with E-state index >= 15 is 0 Å². The number of aliphatic hydroxyl groups is 1. The Hall–Kier alpha value is -2.66. The number of hydrogen-bond acceptors (Lipinski definition) is 4. The fourth-order valence-corrected chi connectivity index (χ4v) is 1.94. The number of rotatable bonds is 7. The van der Waals surface area contributed by atoms with Crippen LogP contribution in [0.25, 0.3) is 6.08 Å². The van der Waals surface area contributed by atoms with Crippen molar-refractivity contribution < 1.29 is 14.6 Å². The highest BCUT2D eigenvalue weighted by atomic mass is 16.5. The van der Waals surface area contributed by atoms with Gasteiger partial charge in [-0.05, 0) is 29.2 Å². The highest BCUT2D eigenvalue weighted by Gasteiger charge is 2.00. The first-order chi connectivity index (χ1) is 11.3. The van der Waals surface area contributed by atoms with Gasteiger partial charge in [0.2, 0.25) is 0 Å². The number of amides is 1. The Balaban J connectivity index is 1.64. The Morgan fingerprint density at radius 3 is 2.83 bits per heavy atom. The molecule has 0 saturated carbocycles. The molecule has 1 aromatic heterocycles. The van der Waals surface area contributed by atoms with Gasteiger partial charge in [0.05, 0.1) is 6.61 Å². The number of alkyl carbamates (subject to hydrolysis) is 1. The zero-order valence-corrected chi connectivity index (χ0v) is 12.8. The van der Waals surface area contributed by atoms with Crippen LogP contribution < -0.4 is 5.32 Å². The predicted molar refractivity (Wildman–Crippen MR) is 88.4 cm³/mol. The molecule has 0 unspecified atom stereocenters. The predicted octanol–water partition coefficient (Wildman–Crippen LogP) is 2.90. The maximum Gasteiger partial charge on any atom is 0.407 e. The number of benzene rings is 1. The molecule has 120 valence electrons. The van der Waals surface area contributed by atoms with Gasteiger partial charge in [0.15, 0.2) is 0 Å². The van der Waals surface area contributed by atoms with Gasteiger partial charge in [0.1, 0.15) is 6.61 Å². The second-order valence-electron chi connectivity index (χ2n) is 4.96. The van der Waals surface area contributed by atoms with Gasteiger partial charge in [-0.3, -0.25) is 4.98 Å². The highest BCUT2D eigenvalue weighted by molar-refractivity contribution is 5.67. The van der Waals surface area contributed by atoms with Crippen molar-refractivity contribution in [2.75, 3.05) is 6.54 Å². The summed E-state index contributed by atoms with van der Waals surface area (Å²) in [5, 5.41) is 11.7. The van der Waals surface area contributed by atoms with Gasteiger partial charge in [0.25, 0.3) is 0 Å². The molecule has 2 rings (SSSR count). The molecule has 23 heavy (non-hydrogen) atoms. The molecule has 0 radical (unpaired) electrons. The molecular weight excluding hydrogens is 292 g/mol. The summed E-state index contributed by atoms with van der Waals surface area (Å²) in [7, 11) is 0. The summed E-state index contributed by atoms with van der Waals surface area (Å²) in [5.41, 5.74) is 2.65. The molecule has 0 aliphatic rings. The van der Waals surface area contributed by atoms with E-state index in [1.165, 1.54) is 0 Å². The third-order valence-corrected chi connectivity index (χ3v) is 3.10. The smallest absolute Gasteiger partial charge is 0.407 e. The summed E-state index contributed by atoms with van der Waals surface area (Å²) in [6, 6.07) is 11.4. The number of pyridine rings is 1. The molecule has 0 aliphatic carbocycles. The number of nitrogens with zero attached hydrogens (tertiary/aromatic N) is 1. The van der Waals surface area contributed by atoms with Crippen LogP contribution in [-0.2, 0) is 18.0 Å². The van der Waals surface area contributed by atoms with Crippen molar-refractivity contribution in [1.29, 1.82) is 0 Å². The zero-order chi connectivity index (χ0) is 16.3. The Labute approximate surface area is 135 Å². The van der Waals surface area contributed by atoms with Gasteiger partial charge < -0.3 is 15.2 Å². The minimum atomic E-state index is -0.425. The molecule has 1 heterocycles. The first-order valence-corrected chi connectivity index (χ1v) is 7.44. The molecule has 0 atom stereocenters. The molecule has 5 heteroatoms. The molecule has 1 aromatic carbocycles. The third kappa shape index (κ3) is 6.32. The maximum atomic E-state index is 11.5. The van der Waals surface area contributed by atoms with Crippen molar-refractivity contribution in [3.8, 4) is 0 Å². The second-order valence-corrected chi connectivity index (χ2v) is 4.96. The van der Waals surface area contributed by atoms with E-state index in [4.69, 9.17) is 9.84 Å². The SMILES string of the molecule is O=C(NCCC=Cc1cncc(CO)c1)OCc1ccccc1. The molecule has 2 aromatic rings. The Morgan fingerprint density at radius 2 is 2.04 bits per heavy atom. The van der Waals surface area contributed by atoms with Gasteiger partial charge >= 0.3 is 6.09 Å². The van der Waals surface area contributed by atoms with Crippen molar-refractivity contribution >= 4 is 12.2 Å². The van der Waals surface area contributed by atoms with Crippen LogP contribution in [0.3, 0.4) is 0 Å². The number of aliphatic hydroxyl groups excluding tert-OH is 1. The van der Waals surface area contributed by atoms with E-state index in [0.29, 0.717) is 13.0 Å². The van der Waals surface area contributed by atoms with E-state index < -0.39 is 6.09 Å². The van der Waals surface area contributed by atoms with E-state index in [1.54, 1.807) is 12.4 Å².